The Balaban J connectivity index is 1.67. The summed E-state index contributed by atoms with van der Waals surface area (Å²) in [6.45, 7) is 3.58. The van der Waals surface area contributed by atoms with E-state index >= 15 is 0 Å². The number of sulfone groups is 1. The average Bonchev–Trinajstić information content (AvgIpc) is 2.67. The van der Waals surface area contributed by atoms with Crippen LogP contribution in [-0.4, -0.2) is 57.6 Å². The second-order valence-corrected chi connectivity index (χ2v) is 8.65. The van der Waals surface area contributed by atoms with E-state index in [1.165, 1.54) is 13.2 Å². The zero-order valence-electron chi connectivity index (χ0n) is 15.8. The van der Waals surface area contributed by atoms with Gasteiger partial charge in [0.1, 0.15) is 5.75 Å². The fourth-order valence-electron chi connectivity index (χ4n) is 3.13. The summed E-state index contributed by atoms with van der Waals surface area (Å²) in [4.78, 5) is 28.2. The molecule has 3 rings (SSSR count). The molecule has 0 spiro atoms. The second kappa shape index (κ2) is 8.02. The molecule has 0 atom stereocenters. The van der Waals surface area contributed by atoms with Gasteiger partial charge in [0.2, 0.25) is 0 Å². The molecule has 28 heavy (non-hydrogen) atoms. The summed E-state index contributed by atoms with van der Waals surface area (Å²) in [7, 11) is -3.22. The molecule has 1 aliphatic heterocycles. The SMILES string of the molecule is CC(=O)Oc1ccccc1C(=O)N1CCN(c2ccc(S(C)(=O)=O)cc2)CC1. The molecule has 0 unspecified atom stereocenters. The number of amides is 1. The van der Waals surface area contributed by atoms with E-state index in [-0.39, 0.29) is 16.6 Å². The topological polar surface area (TPSA) is 84.0 Å². The van der Waals surface area contributed by atoms with Gasteiger partial charge in [0, 0.05) is 45.0 Å². The molecule has 0 saturated carbocycles. The fraction of sp³-hybridized carbons (Fsp3) is 0.300. The molecule has 8 heteroatoms. The van der Waals surface area contributed by atoms with Gasteiger partial charge in [-0.3, -0.25) is 9.59 Å². The molecular weight excluding hydrogens is 380 g/mol. The van der Waals surface area contributed by atoms with Crippen LogP contribution in [0.15, 0.2) is 53.4 Å². The van der Waals surface area contributed by atoms with Crippen molar-refractivity contribution in [3.8, 4) is 5.75 Å². The van der Waals surface area contributed by atoms with Gasteiger partial charge in [0.05, 0.1) is 10.5 Å². The molecule has 1 heterocycles. The third-order valence-electron chi connectivity index (χ3n) is 4.57. The number of hydrogen-bond donors (Lipinski definition) is 0. The highest BCUT2D eigenvalue weighted by Crippen LogP contribution is 2.23. The summed E-state index contributed by atoms with van der Waals surface area (Å²) in [5.41, 5.74) is 1.28. The lowest BCUT2D eigenvalue weighted by atomic mass is 10.1. The van der Waals surface area contributed by atoms with Crippen LogP contribution in [0.1, 0.15) is 17.3 Å². The van der Waals surface area contributed by atoms with E-state index < -0.39 is 15.8 Å². The number of carbonyl (C=O) groups excluding carboxylic acids is 2. The number of rotatable bonds is 4. The van der Waals surface area contributed by atoms with Crippen LogP contribution >= 0.6 is 0 Å². The zero-order valence-corrected chi connectivity index (χ0v) is 16.6. The fourth-order valence-corrected chi connectivity index (χ4v) is 3.76. The maximum atomic E-state index is 12.8. The van der Waals surface area contributed by atoms with Crippen LogP contribution in [0.4, 0.5) is 5.69 Å². The van der Waals surface area contributed by atoms with Gasteiger partial charge in [0.25, 0.3) is 5.91 Å². The van der Waals surface area contributed by atoms with Crippen molar-refractivity contribution in [3.63, 3.8) is 0 Å². The van der Waals surface area contributed by atoms with Gasteiger partial charge < -0.3 is 14.5 Å². The maximum absolute atomic E-state index is 12.8. The molecule has 2 aromatic carbocycles. The molecule has 1 amide bonds. The van der Waals surface area contributed by atoms with Crippen LogP contribution in [0.3, 0.4) is 0 Å². The third-order valence-corrected chi connectivity index (χ3v) is 5.70. The lowest BCUT2D eigenvalue weighted by Crippen LogP contribution is -2.48. The van der Waals surface area contributed by atoms with E-state index in [1.54, 1.807) is 53.4 Å². The molecular formula is C20H22N2O5S. The number of nitrogens with zero attached hydrogens (tertiary/aromatic N) is 2. The Hall–Kier alpha value is -2.87. The van der Waals surface area contributed by atoms with Crippen LogP contribution in [0, 0.1) is 0 Å². The quantitative estimate of drug-likeness (QED) is 0.574. The molecule has 2 aromatic rings. The van der Waals surface area contributed by atoms with E-state index in [1.807, 2.05) is 0 Å². The Labute approximate surface area is 164 Å². The molecule has 0 aromatic heterocycles. The van der Waals surface area contributed by atoms with Gasteiger partial charge in [-0.15, -0.1) is 0 Å². The molecule has 1 aliphatic rings. The first-order valence-corrected chi connectivity index (χ1v) is 10.8. The smallest absolute Gasteiger partial charge is 0.308 e. The van der Waals surface area contributed by atoms with E-state index in [0.717, 1.165) is 5.69 Å². The molecule has 0 bridgehead atoms. The van der Waals surface area contributed by atoms with Gasteiger partial charge >= 0.3 is 5.97 Å². The number of carbonyl (C=O) groups is 2. The minimum absolute atomic E-state index is 0.177. The summed E-state index contributed by atoms with van der Waals surface area (Å²) in [5, 5.41) is 0. The molecule has 0 aliphatic carbocycles. The summed E-state index contributed by atoms with van der Waals surface area (Å²) in [6.07, 6.45) is 1.18. The predicted octanol–water partition coefficient (Wildman–Crippen LogP) is 1.98. The van der Waals surface area contributed by atoms with Crippen LogP contribution in [-0.2, 0) is 14.6 Å². The summed E-state index contributed by atoms with van der Waals surface area (Å²) >= 11 is 0. The average molecular weight is 402 g/mol. The lowest BCUT2D eigenvalue weighted by Gasteiger charge is -2.36. The normalized spacial score (nSPS) is 14.6. The third kappa shape index (κ3) is 4.51. The van der Waals surface area contributed by atoms with Crippen molar-refractivity contribution in [2.24, 2.45) is 0 Å². The zero-order chi connectivity index (χ0) is 20.3. The monoisotopic (exact) mass is 402 g/mol. The van der Waals surface area contributed by atoms with Gasteiger partial charge in [-0.2, -0.15) is 0 Å². The number of piperazine rings is 1. The maximum Gasteiger partial charge on any atom is 0.308 e. The molecule has 1 fully saturated rings. The van der Waals surface area contributed by atoms with E-state index in [4.69, 9.17) is 4.74 Å². The van der Waals surface area contributed by atoms with Crippen LogP contribution in [0.2, 0.25) is 0 Å². The number of benzene rings is 2. The Morgan fingerprint density at radius 1 is 0.929 bits per heavy atom. The standard InChI is InChI=1S/C20H22N2O5S/c1-15(23)27-19-6-4-3-5-18(19)20(24)22-13-11-21(12-14-22)16-7-9-17(10-8-16)28(2,25)26/h3-10H,11-14H2,1-2H3. The van der Waals surface area contributed by atoms with Crippen molar-refractivity contribution >= 4 is 27.4 Å². The van der Waals surface area contributed by atoms with Crippen molar-refractivity contribution in [1.82, 2.24) is 4.90 Å². The summed E-state index contributed by atoms with van der Waals surface area (Å²) < 4.78 is 28.3. The predicted molar refractivity (Wildman–Crippen MR) is 105 cm³/mol. The Kier molecular flexibility index (Phi) is 5.69. The second-order valence-electron chi connectivity index (χ2n) is 6.64. The highest BCUT2D eigenvalue weighted by atomic mass is 32.2. The van der Waals surface area contributed by atoms with Crippen molar-refractivity contribution in [2.75, 3.05) is 37.3 Å². The van der Waals surface area contributed by atoms with Crippen molar-refractivity contribution in [3.05, 3.63) is 54.1 Å². The van der Waals surface area contributed by atoms with Crippen molar-refractivity contribution in [2.45, 2.75) is 11.8 Å². The minimum Gasteiger partial charge on any atom is -0.426 e. The largest absolute Gasteiger partial charge is 0.426 e. The van der Waals surface area contributed by atoms with E-state index in [9.17, 15) is 18.0 Å². The number of para-hydroxylation sites is 1. The molecule has 0 radical (unpaired) electrons. The Morgan fingerprint density at radius 2 is 1.54 bits per heavy atom. The Bertz CT molecular complexity index is 978. The molecule has 0 N–H and O–H groups in total. The number of esters is 1. The summed E-state index contributed by atoms with van der Waals surface area (Å²) in [6, 6.07) is 13.5. The van der Waals surface area contributed by atoms with Crippen molar-refractivity contribution in [1.29, 1.82) is 0 Å². The molecule has 148 valence electrons. The van der Waals surface area contributed by atoms with Crippen LogP contribution < -0.4 is 9.64 Å². The first-order valence-electron chi connectivity index (χ1n) is 8.87. The number of ether oxygens (including phenoxy) is 1. The number of hydrogen-bond acceptors (Lipinski definition) is 6. The van der Waals surface area contributed by atoms with Gasteiger partial charge in [-0.05, 0) is 36.4 Å². The first kappa shape index (κ1) is 19.9. The Morgan fingerprint density at radius 3 is 2.11 bits per heavy atom. The highest BCUT2D eigenvalue weighted by Gasteiger charge is 2.25. The molecule has 1 saturated heterocycles. The lowest BCUT2D eigenvalue weighted by molar-refractivity contribution is -0.131. The van der Waals surface area contributed by atoms with Gasteiger partial charge in [0.15, 0.2) is 9.84 Å². The highest BCUT2D eigenvalue weighted by molar-refractivity contribution is 7.90. The van der Waals surface area contributed by atoms with E-state index in [2.05, 4.69) is 4.90 Å². The molecule has 7 nitrogen and oxygen atoms in total. The van der Waals surface area contributed by atoms with Crippen molar-refractivity contribution < 1.29 is 22.7 Å². The summed E-state index contributed by atoms with van der Waals surface area (Å²) in [5.74, 6) is -0.384. The van der Waals surface area contributed by atoms with Crippen LogP contribution in [0.25, 0.3) is 0 Å². The van der Waals surface area contributed by atoms with E-state index in [0.29, 0.717) is 31.7 Å². The van der Waals surface area contributed by atoms with Gasteiger partial charge in [-0.1, -0.05) is 12.1 Å². The van der Waals surface area contributed by atoms with Gasteiger partial charge in [-0.25, -0.2) is 8.42 Å². The first-order chi connectivity index (χ1) is 13.3. The van der Waals surface area contributed by atoms with Crippen LogP contribution in [0.5, 0.6) is 5.75 Å². The minimum atomic E-state index is -3.22. The number of anilines is 1.